The van der Waals surface area contributed by atoms with Gasteiger partial charge in [0.2, 0.25) is 5.88 Å². The van der Waals surface area contributed by atoms with Crippen molar-refractivity contribution in [2.24, 2.45) is 5.73 Å². The molecule has 0 fully saturated rings. The van der Waals surface area contributed by atoms with Gasteiger partial charge in [0.25, 0.3) is 0 Å². The molecule has 0 bridgehead atoms. The fraction of sp³-hybridized carbons (Fsp3) is 0.185. The molecule has 1 aliphatic heterocycles. The van der Waals surface area contributed by atoms with Crippen molar-refractivity contribution in [2.75, 3.05) is 20.8 Å². The smallest absolute Gasteiger partial charge is 0.347 e. The van der Waals surface area contributed by atoms with Crippen molar-refractivity contribution < 1.29 is 28.5 Å². The summed E-state index contributed by atoms with van der Waals surface area (Å²) >= 11 is 0. The van der Waals surface area contributed by atoms with Crippen LogP contribution in [0.2, 0.25) is 0 Å². The maximum absolute atomic E-state index is 12.7. The summed E-state index contributed by atoms with van der Waals surface area (Å²) in [6, 6.07) is 19.4. The maximum Gasteiger partial charge on any atom is 0.347 e. The first kappa shape index (κ1) is 23.5. The van der Waals surface area contributed by atoms with E-state index in [0.29, 0.717) is 40.7 Å². The highest BCUT2D eigenvalue weighted by Gasteiger charge is 2.32. The molecule has 3 aromatic carbocycles. The number of benzene rings is 3. The minimum absolute atomic E-state index is 0.0222. The fourth-order valence-electron chi connectivity index (χ4n) is 3.96. The van der Waals surface area contributed by atoms with E-state index in [-0.39, 0.29) is 17.2 Å². The molecule has 8 heteroatoms. The Hall–Kier alpha value is -4.64. The highest BCUT2D eigenvalue weighted by molar-refractivity contribution is 5.94. The summed E-state index contributed by atoms with van der Waals surface area (Å²) in [7, 11) is 3.04. The molecule has 0 spiro atoms. The Morgan fingerprint density at radius 3 is 2.51 bits per heavy atom. The molecule has 35 heavy (non-hydrogen) atoms. The van der Waals surface area contributed by atoms with Crippen molar-refractivity contribution >= 4 is 5.97 Å². The Balaban J connectivity index is 1.71. The second kappa shape index (κ2) is 10.1. The van der Waals surface area contributed by atoms with E-state index in [4.69, 9.17) is 29.4 Å². The Bertz CT molecular complexity index is 1340. The van der Waals surface area contributed by atoms with E-state index >= 15 is 0 Å². The maximum atomic E-state index is 12.7. The van der Waals surface area contributed by atoms with Crippen LogP contribution in [0.4, 0.5) is 0 Å². The van der Waals surface area contributed by atoms with Crippen LogP contribution < -0.4 is 29.4 Å². The monoisotopic (exact) mass is 472 g/mol. The van der Waals surface area contributed by atoms with Gasteiger partial charge >= 0.3 is 5.97 Å². The second-order valence-corrected chi connectivity index (χ2v) is 7.56. The largest absolute Gasteiger partial charge is 0.496 e. The first-order chi connectivity index (χ1) is 17.0. The number of ether oxygens (including phenoxy) is 5. The lowest BCUT2D eigenvalue weighted by atomic mass is 9.83. The molecule has 0 aliphatic carbocycles. The summed E-state index contributed by atoms with van der Waals surface area (Å²) in [5.41, 5.74) is 8.14. The van der Waals surface area contributed by atoms with Crippen molar-refractivity contribution in [3.63, 3.8) is 0 Å². The van der Waals surface area contributed by atoms with E-state index in [1.165, 1.54) is 7.11 Å². The quantitative estimate of drug-likeness (QED) is 0.394. The molecular weight excluding hydrogens is 448 g/mol. The van der Waals surface area contributed by atoms with Crippen molar-refractivity contribution in [1.82, 2.24) is 0 Å². The summed E-state index contributed by atoms with van der Waals surface area (Å²) in [5.74, 6) is 1.07. The lowest BCUT2D eigenvalue weighted by Gasteiger charge is -2.27. The molecule has 1 heterocycles. The molecule has 0 saturated heterocycles. The summed E-state index contributed by atoms with van der Waals surface area (Å²) in [6.07, 6.45) is 0. The highest BCUT2D eigenvalue weighted by Crippen LogP contribution is 2.45. The first-order valence-electron chi connectivity index (χ1n) is 10.9. The van der Waals surface area contributed by atoms with Gasteiger partial charge in [-0.1, -0.05) is 24.3 Å². The van der Waals surface area contributed by atoms with Gasteiger partial charge in [-0.2, -0.15) is 5.26 Å². The van der Waals surface area contributed by atoms with E-state index in [9.17, 15) is 10.1 Å². The van der Waals surface area contributed by atoms with Gasteiger partial charge < -0.3 is 29.4 Å². The molecule has 0 amide bonds. The molecule has 178 valence electrons. The number of nitrogens with two attached hydrogens (primary N) is 1. The van der Waals surface area contributed by atoms with Crippen LogP contribution in [0.5, 0.6) is 28.7 Å². The normalized spacial score (nSPS) is 14.3. The lowest BCUT2D eigenvalue weighted by molar-refractivity contribution is 0.0731. The summed E-state index contributed by atoms with van der Waals surface area (Å²) in [6.45, 7) is 2.38. The van der Waals surface area contributed by atoms with Crippen LogP contribution in [0.1, 0.15) is 34.3 Å². The number of allylic oxidation sites excluding steroid dienone is 1. The number of carbonyl (C=O) groups excluding carboxylic acids is 1. The third-order valence-corrected chi connectivity index (χ3v) is 5.55. The summed E-state index contributed by atoms with van der Waals surface area (Å²) in [4.78, 5) is 12.7. The van der Waals surface area contributed by atoms with Gasteiger partial charge in [-0.25, -0.2) is 4.79 Å². The minimum Gasteiger partial charge on any atom is -0.496 e. The zero-order valence-electron chi connectivity index (χ0n) is 19.5. The number of nitrogens with zero attached hydrogens (tertiary/aromatic N) is 1. The van der Waals surface area contributed by atoms with Crippen molar-refractivity contribution in [3.8, 4) is 34.8 Å². The predicted molar refractivity (Wildman–Crippen MR) is 128 cm³/mol. The third-order valence-electron chi connectivity index (χ3n) is 5.55. The third kappa shape index (κ3) is 4.57. The van der Waals surface area contributed by atoms with E-state index in [2.05, 4.69) is 6.07 Å². The first-order valence-corrected chi connectivity index (χ1v) is 10.9. The zero-order valence-corrected chi connectivity index (χ0v) is 19.5. The van der Waals surface area contributed by atoms with Crippen molar-refractivity contribution in [1.29, 1.82) is 5.26 Å². The van der Waals surface area contributed by atoms with Gasteiger partial charge in [0, 0.05) is 11.6 Å². The number of nitriles is 1. The molecule has 1 atom stereocenters. The Kier molecular flexibility index (Phi) is 6.78. The second-order valence-electron chi connectivity index (χ2n) is 7.56. The van der Waals surface area contributed by atoms with Crippen LogP contribution >= 0.6 is 0 Å². The average Bonchev–Trinajstić information content (AvgIpc) is 2.88. The van der Waals surface area contributed by atoms with Gasteiger partial charge in [0.15, 0.2) is 11.5 Å². The molecular formula is C27H24N2O6. The van der Waals surface area contributed by atoms with Crippen LogP contribution in [-0.2, 0) is 0 Å². The van der Waals surface area contributed by atoms with Crippen LogP contribution in [0, 0.1) is 11.3 Å². The average molecular weight is 472 g/mol. The van der Waals surface area contributed by atoms with E-state index in [1.54, 1.807) is 55.6 Å². The molecule has 4 rings (SSSR count). The molecule has 0 radical (unpaired) electrons. The zero-order chi connectivity index (χ0) is 24.9. The number of hydrogen-bond acceptors (Lipinski definition) is 8. The molecule has 2 N–H and O–H groups in total. The van der Waals surface area contributed by atoms with Crippen LogP contribution in [0.3, 0.4) is 0 Å². The number of esters is 1. The number of hydrogen-bond donors (Lipinski definition) is 1. The predicted octanol–water partition coefficient (Wildman–Crippen LogP) is 4.54. The van der Waals surface area contributed by atoms with E-state index < -0.39 is 11.9 Å². The van der Waals surface area contributed by atoms with Gasteiger partial charge in [-0.15, -0.1) is 0 Å². The van der Waals surface area contributed by atoms with Gasteiger partial charge in [0.05, 0.1) is 26.7 Å². The standard InChI is InChI=1S/C27H24N2O6/c1-4-33-22-12-9-16(13-24(22)32-3)25-18-11-10-17(14-23(18)35-26(29)20(25)15-28)34-27(30)19-7-5-6-8-21(19)31-2/h5-14,25H,4,29H2,1-3H3. The lowest BCUT2D eigenvalue weighted by Crippen LogP contribution is -2.21. The molecule has 1 unspecified atom stereocenters. The van der Waals surface area contributed by atoms with Gasteiger partial charge in [0.1, 0.15) is 34.5 Å². The number of fused-ring (bicyclic) bond motifs is 1. The molecule has 0 aromatic heterocycles. The van der Waals surface area contributed by atoms with Crippen LogP contribution in [0.15, 0.2) is 72.1 Å². The van der Waals surface area contributed by atoms with Crippen LogP contribution in [0.25, 0.3) is 0 Å². The molecule has 1 aliphatic rings. The van der Waals surface area contributed by atoms with Gasteiger partial charge in [-0.05, 0) is 42.8 Å². The molecule has 8 nitrogen and oxygen atoms in total. The van der Waals surface area contributed by atoms with Crippen molar-refractivity contribution in [2.45, 2.75) is 12.8 Å². The Morgan fingerprint density at radius 1 is 1.03 bits per heavy atom. The number of para-hydroxylation sites is 1. The minimum atomic E-state index is -0.577. The number of methoxy groups -OCH3 is 2. The van der Waals surface area contributed by atoms with Gasteiger partial charge in [-0.3, -0.25) is 0 Å². The Labute approximate surface area is 203 Å². The summed E-state index contributed by atoms with van der Waals surface area (Å²) in [5, 5.41) is 9.83. The molecule has 3 aromatic rings. The van der Waals surface area contributed by atoms with E-state index in [0.717, 1.165) is 5.56 Å². The summed E-state index contributed by atoms with van der Waals surface area (Å²) < 4.78 is 27.6. The Morgan fingerprint density at radius 2 is 1.80 bits per heavy atom. The number of rotatable bonds is 7. The van der Waals surface area contributed by atoms with Crippen LogP contribution in [-0.4, -0.2) is 26.8 Å². The SMILES string of the molecule is CCOc1ccc(C2C(C#N)=C(N)Oc3cc(OC(=O)c4ccccc4OC)ccc32)cc1OC. The fourth-order valence-corrected chi connectivity index (χ4v) is 3.96. The molecule has 0 saturated carbocycles. The van der Waals surface area contributed by atoms with Crippen molar-refractivity contribution in [3.05, 3.63) is 88.8 Å². The topological polar surface area (TPSA) is 113 Å². The number of carbonyl (C=O) groups is 1. The van der Waals surface area contributed by atoms with E-state index in [1.807, 2.05) is 19.1 Å². The highest BCUT2D eigenvalue weighted by atomic mass is 16.5.